The van der Waals surface area contributed by atoms with Crippen LogP contribution < -0.4 is 5.32 Å². The molecule has 6 heteroatoms. The highest BCUT2D eigenvalue weighted by atomic mass is 19.4. The van der Waals surface area contributed by atoms with E-state index in [1.807, 2.05) is 44.2 Å². The molecule has 1 heterocycles. The van der Waals surface area contributed by atoms with Crippen molar-refractivity contribution >= 4 is 5.91 Å². The van der Waals surface area contributed by atoms with E-state index < -0.39 is 17.5 Å². The Bertz CT molecular complexity index is 543. The predicted octanol–water partition coefficient (Wildman–Crippen LogP) is 3.75. The van der Waals surface area contributed by atoms with E-state index in [0.29, 0.717) is 19.4 Å². The van der Waals surface area contributed by atoms with Crippen LogP contribution in [0.25, 0.3) is 0 Å². The fraction of sp³-hybridized carbons (Fsp3) is 0.611. The van der Waals surface area contributed by atoms with Gasteiger partial charge in [-0.2, -0.15) is 13.2 Å². The van der Waals surface area contributed by atoms with Gasteiger partial charge in [-0.15, -0.1) is 0 Å². The third-order valence-electron chi connectivity index (χ3n) is 4.90. The van der Waals surface area contributed by atoms with Crippen molar-refractivity contribution in [2.24, 2.45) is 5.41 Å². The van der Waals surface area contributed by atoms with Gasteiger partial charge >= 0.3 is 6.18 Å². The van der Waals surface area contributed by atoms with Crippen LogP contribution >= 0.6 is 0 Å². The predicted molar refractivity (Wildman–Crippen MR) is 87.3 cm³/mol. The highest BCUT2D eigenvalue weighted by Gasteiger charge is 2.63. The van der Waals surface area contributed by atoms with Crippen molar-refractivity contribution in [1.82, 2.24) is 10.2 Å². The van der Waals surface area contributed by atoms with Crippen molar-refractivity contribution in [3.8, 4) is 0 Å². The lowest BCUT2D eigenvalue weighted by Crippen LogP contribution is -2.54. The number of nitrogens with one attached hydrogen (secondary N) is 1. The summed E-state index contributed by atoms with van der Waals surface area (Å²) in [7, 11) is 0. The standard InChI is InChI=1S/C18H25F3N2O/c1-3-15(4-2)22-16(24)17(18(19,20)21)10-11-23(13-17)12-14-8-6-5-7-9-14/h5-9,15H,3-4,10-13H2,1-2H3,(H,22,24). The number of carbonyl (C=O) groups is 1. The summed E-state index contributed by atoms with van der Waals surface area (Å²) in [6.45, 7) is 4.15. The summed E-state index contributed by atoms with van der Waals surface area (Å²) in [4.78, 5) is 14.2. The maximum atomic E-state index is 13.7. The van der Waals surface area contributed by atoms with Gasteiger partial charge in [0.2, 0.25) is 5.91 Å². The van der Waals surface area contributed by atoms with E-state index in [0.717, 1.165) is 5.56 Å². The van der Waals surface area contributed by atoms with Crippen molar-refractivity contribution < 1.29 is 18.0 Å². The van der Waals surface area contributed by atoms with Crippen LogP contribution in [0.15, 0.2) is 30.3 Å². The number of likely N-dealkylation sites (tertiary alicyclic amines) is 1. The highest BCUT2D eigenvalue weighted by Crippen LogP contribution is 2.46. The van der Waals surface area contributed by atoms with E-state index in [4.69, 9.17) is 0 Å². The van der Waals surface area contributed by atoms with E-state index in [9.17, 15) is 18.0 Å². The van der Waals surface area contributed by atoms with Crippen molar-refractivity contribution in [1.29, 1.82) is 0 Å². The van der Waals surface area contributed by atoms with Gasteiger partial charge in [0, 0.05) is 19.1 Å². The average molecular weight is 342 g/mol. The molecule has 0 bridgehead atoms. The zero-order valence-corrected chi connectivity index (χ0v) is 14.2. The zero-order valence-electron chi connectivity index (χ0n) is 14.2. The van der Waals surface area contributed by atoms with Crippen LogP contribution in [-0.2, 0) is 11.3 Å². The molecule has 1 aromatic rings. The molecule has 1 aromatic carbocycles. The van der Waals surface area contributed by atoms with Gasteiger partial charge in [-0.05, 0) is 31.4 Å². The first kappa shape index (κ1) is 18.8. The number of benzene rings is 1. The van der Waals surface area contributed by atoms with Crippen LogP contribution in [0, 0.1) is 5.41 Å². The van der Waals surface area contributed by atoms with Crippen LogP contribution in [0.3, 0.4) is 0 Å². The number of carbonyl (C=O) groups excluding carboxylic acids is 1. The molecule has 1 fully saturated rings. The van der Waals surface area contributed by atoms with Crippen LogP contribution in [0.1, 0.15) is 38.7 Å². The molecule has 0 radical (unpaired) electrons. The van der Waals surface area contributed by atoms with Gasteiger partial charge in [0.05, 0.1) is 0 Å². The molecule has 1 aliphatic heterocycles. The molecule has 1 N–H and O–H groups in total. The fourth-order valence-corrected chi connectivity index (χ4v) is 3.23. The molecule has 1 amide bonds. The first-order valence-electron chi connectivity index (χ1n) is 8.46. The lowest BCUT2D eigenvalue weighted by molar-refractivity contribution is -0.218. The van der Waals surface area contributed by atoms with Gasteiger partial charge in [-0.3, -0.25) is 9.69 Å². The van der Waals surface area contributed by atoms with Crippen LogP contribution in [0.5, 0.6) is 0 Å². The molecule has 0 spiro atoms. The summed E-state index contributed by atoms with van der Waals surface area (Å²) >= 11 is 0. The summed E-state index contributed by atoms with van der Waals surface area (Å²) < 4.78 is 41.2. The minimum Gasteiger partial charge on any atom is -0.353 e. The Hall–Kier alpha value is -1.56. The second kappa shape index (κ2) is 7.55. The molecule has 3 nitrogen and oxygen atoms in total. The average Bonchev–Trinajstić information content (AvgIpc) is 2.98. The van der Waals surface area contributed by atoms with E-state index >= 15 is 0 Å². The smallest absolute Gasteiger partial charge is 0.353 e. The van der Waals surface area contributed by atoms with Crippen LogP contribution in [0.4, 0.5) is 13.2 Å². The summed E-state index contributed by atoms with van der Waals surface area (Å²) in [5.74, 6) is -0.876. The third-order valence-corrected chi connectivity index (χ3v) is 4.90. The highest BCUT2D eigenvalue weighted by molar-refractivity contribution is 5.84. The molecule has 0 aromatic heterocycles. The van der Waals surface area contributed by atoms with Gasteiger partial charge in [-0.1, -0.05) is 44.2 Å². The van der Waals surface area contributed by atoms with Gasteiger partial charge in [0.1, 0.15) is 0 Å². The van der Waals surface area contributed by atoms with Crippen molar-refractivity contribution in [2.75, 3.05) is 13.1 Å². The number of alkyl halides is 3. The summed E-state index contributed by atoms with van der Waals surface area (Å²) in [5.41, 5.74) is -1.35. The minimum atomic E-state index is -4.55. The maximum absolute atomic E-state index is 13.7. The minimum absolute atomic E-state index is 0.185. The second-order valence-corrected chi connectivity index (χ2v) is 6.51. The Morgan fingerprint density at radius 1 is 1.25 bits per heavy atom. The Morgan fingerprint density at radius 2 is 1.88 bits per heavy atom. The molecule has 134 valence electrons. The van der Waals surface area contributed by atoms with E-state index in [1.54, 1.807) is 4.90 Å². The van der Waals surface area contributed by atoms with Gasteiger partial charge in [0.25, 0.3) is 0 Å². The summed E-state index contributed by atoms with van der Waals surface area (Å²) in [5, 5.41) is 2.60. The molecule has 2 rings (SSSR count). The Morgan fingerprint density at radius 3 is 2.42 bits per heavy atom. The normalized spacial score (nSPS) is 22.1. The quantitative estimate of drug-likeness (QED) is 0.854. The zero-order chi connectivity index (χ0) is 17.8. The molecule has 1 unspecified atom stereocenters. The van der Waals surface area contributed by atoms with Crippen LogP contribution in [-0.4, -0.2) is 36.1 Å². The van der Waals surface area contributed by atoms with Gasteiger partial charge in [0.15, 0.2) is 5.41 Å². The molecule has 0 aliphatic carbocycles. The third kappa shape index (κ3) is 3.91. The first-order valence-corrected chi connectivity index (χ1v) is 8.46. The molecule has 24 heavy (non-hydrogen) atoms. The number of hydrogen-bond donors (Lipinski definition) is 1. The Balaban J connectivity index is 2.14. The first-order chi connectivity index (χ1) is 11.3. The van der Waals surface area contributed by atoms with Crippen molar-refractivity contribution in [3.05, 3.63) is 35.9 Å². The SMILES string of the molecule is CCC(CC)NC(=O)C1(C(F)(F)F)CCN(Cc2ccccc2)C1. The van der Waals surface area contributed by atoms with E-state index in [-0.39, 0.29) is 25.6 Å². The van der Waals surface area contributed by atoms with Gasteiger partial charge in [-0.25, -0.2) is 0 Å². The molecule has 1 saturated heterocycles. The largest absolute Gasteiger partial charge is 0.404 e. The molecule has 0 saturated carbocycles. The fourth-order valence-electron chi connectivity index (χ4n) is 3.23. The molecule has 1 atom stereocenters. The number of nitrogens with zero attached hydrogens (tertiary/aromatic N) is 1. The maximum Gasteiger partial charge on any atom is 0.404 e. The lowest BCUT2D eigenvalue weighted by atomic mass is 9.84. The monoisotopic (exact) mass is 342 g/mol. The van der Waals surface area contributed by atoms with E-state index in [2.05, 4.69) is 5.32 Å². The molecular weight excluding hydrogens is 317 g/mol. The van der Waals surface area contributed by atoms with Crippen molar-refractivity contribution in [3.63, 3.8) is 0 Å². The van der Waals surface area contributed by atoms with Crippen LogP contribution in [0.2, 0.25) is 0 Å². The van der Waals surface area contributed by atoms with Gasteiger partial charge < -0.3 is 5.32 Å². The second-order valence-electron chi connectivity index (χ2n) is 6.51. The summed E-state index contributed by atoms with van der Waals surface area (Å²) in [6.07, 6.45) is -3.47. The summed E-state index contributed by atoms with van der Waals surface area (Å²) in [6, 6.07) is 9.16. The Labute approximate surface area is 141 Å². The number of amides is 1. The molecule has 1 aliphatic rings. The number of rotatable bonds is 6. The number of hydrogen-bond acceptors (Lipinski definition) is 2. The number of halogens is 3. The lowest BCUT2D eigenvalue weighted by Gasteiger charge is -2.32. The Kier molecular flexibility index (Phi) is 5.91. The molecular formula is C18H25F3N2O. The topological polar surface area (TPSA) is 32.3 Å². The van der Waals surface area contributed by atoms with E-state index in [1.165, 1.54) is 0 Å². The van der Waals surface area contributed by atoms with Crippen molar-refractivity contribution in [2.45, 2.75) is 51.9 Å².